The van der Waals surface area contributed by atoms with Gasteiger partial charge in [-0.1, -0.05) is 36.4 Å². The van der Waals surface area contributed by atoms with E-state index in [4.69, 9.17) is 41.9 Å². The van der Waals surface area contributed by atoms with E-state index in [0.717, 1.165) is 45.1 Å². The van der Waals surface area contributed by atoms with Gasteiger partial charge in [0.15, 0.2) is 0 Å². The third kappa shape index (κ3) is 8.34. The van der Waals surface area contributed by atoms with Crippen LogP contribution in [-0.4, -0.2) is 36.0 Å². The number of primary amides is 2. The molecule has 2 amide bonds. The van der Waals surface area contributed by atoms with Gasteiger partial charge in [0.2, 0.25) is 11.8 Å². The number of benzene rings is 4. The van der Waals surface area contributed by atoms with Crippen molar-refractivity contribution in [2.75, 3.05) is 25.7 Å². The summed E-state index contributed by atoms with van der Waals surface area (Å²) < 4.78 is 22.4. The molecule has 0 bridgehead atoms. The number of carbonyl (C=O) groups excluding carboxylic acids is 2. The molecule has 6 aromatic rings. The number of ether oxygens (including phenoxy) is 4. The van der Waals surface area contributed by atoms with E-state index in [1.165, 1.54) is 0 Å². The maximum Gasteiger partial charge on any atom is 0.249 e. The van der Waals surface area contributed by atoms with Gasteiger partial charge >= 0.3 is 0 Å². The van der Waals surface area contributed by atoms with Crippen molar-refractivity contribution in [3.8, 4) is 45.3 Å². The van der Waals surface area contributed by atoms with Gasteiger partial charge in [-0.25, -0.2) is 0 Å². The number of nitrogen functional groups attached to an aromatic ring is 2. The van der Waals surface area contributed by atoms with Crippen molar-refractivity contribution >= 4 is 23.2 Å². The summed E-state index contributed by atoms with van der Waals surface area (Å²) in [7, 11) is 3.22. The molecule has 0 atom stereocenters. The summed E-state index contributed by atoms with van der Waals surface area (Å²) >= 11 is 0. The predicted octanol–water partition coefficient (Wildman–Crippen LogP) is 6.56. The zero-order valence-electron chi connectivity index (χ0n) is 30.0. The monoisotopic (exact) mass is 726 g/mol. The van der Waals surface area contributed by atoms with Crippen molar-refractivity contribution in [2.45, 2.75) is 26.1 Å². The lowest BCUT2D eigenvalue weighted by Gasteiger charge is -2.15. The number of rotatable bonds is 16. The molecule has 276 valence electrons. The molecular formula is C42H42N6O6. The highest BCUT2D eigenvalue weighted by Crippen LogP contribution is 2.38. The average molecular weight is 727 g/mol. The number of H-pyrrole nitrogens is 2. The lowest BCUT2D eigenvalue weighted by atomic mass is 9.95. The van der Waals surface area contributed by atoms with E-state index in [0.29, 0.717) is 46.8 Å². The van der Waals surface area contributed by atoms with Gasteiger partial charge in [0.1, 0.15) is 36.2 Å². The zero-order chi connectivity index (χ0) is 38.2. The third-order valence-corrected chi connectivity index (χ3v) is 8.96. The Balaban J connectivity index is 1.16. The number of allylic oxidation sites excluding steroid dienone is 2. The first-order valence-corrected chi connectivity index (χ1v) is 17.1. The first kappa shape index (κ1) is 36.7. The molecule has 0 saturated carbocycles. The predicted molar refractivity (Wildman–Crippen MR) is 210 cm³/mol. The van der Waals surface area contributed by atoms with Crippen LogP contribution in [0.25, 0.3) is 22.3 Å². The Morgan fingerprint density at radius 3 is 1.31 bits per heavy atom. The van der Waals surface area contributed by atoms with Crippen LogP contribution in [0, 0.1) is 0 Å². The van der Waals surface area contributed by atoms with Crippen molar-refractivity contribution < 1.29 is 28.5 Å². The second-order valence-corrected chi connectivity index (χ2v) is 12.5. The molecule has 2 aromatic heterocycles. The zero-order valence-corrected chi connectivity index (χ0v) is 30.0. The van der Waals surface area contributed by atoms with Crippen LogP contribution >= 0.6 is 0 Å². The Kier molecular flexibility index (Phi) is 11.2. The van der Waals surface area contributed by atoms with Gasteiger partial charge in [0.25, 0.3) is 0 Å². The van der Waals surface area contributed by atoms with Gasteiger partial charge < -0.3 is 51.9 Å². The van der Waals surface area contributed by atoms with Crippen molar-refractivity contribution in [3.05, 3.63) is 143 Å². The van der Waals surface area contributed by atoms with E-state index in [1.54, 1.807) is 50.9 Å². The Morgan fingerprint density at radius 1 is 0.574 bits per heavy atom. The van der Waals surface area contributed by atoms with Crippen LogP contribution in [0.4, 0.5) is 11.4 Å². The number of hydrogen-bond donors (Lipinski definition) is 6. The highest BCUT2D eigenvalue weighted by molar-refractivity contribution is 6.04. The molecule has 2 heterocycles. The summed E-state index contributed by atoms with van der Waals surface area (Å²) in [6.07, 6.45) is 8.58. The van der Waals surface area contributed by atoms with Crippen LogP contribution in [-0.2, 0) is 26.1 Å². The maximum atomic E-state index is 12.7. The molecule has 0 saturated heterocycles. The summed E-state index contributed by atoms with van der Waals surface area (Å²) in [5.74, 6) is 1.09. The minimum atomic E-state index is -0.625. The molecule has 0 aliphatic rings. The van der Waals surface area contributed by atoms with Crippen LogP contribution in [0.15, 0.2) is 109 Å². The molecule has 12 nitrogen and oxygen atoms in total. The molecule has 4 aromatic carbocycles. The largest absolute Gasteiger partial charge is 0.497 e. The second-order valence-electron chi connectivity index (χ2n) is 12.5. The van der Waals surface area contributed by atoms with Crippen LogP contribution in [0.3, 0.4) is 0 Å². The standard InChI is InChI=1S/C42H42N6O6/c1-51-27-11-7-25(8-12-27)23-53-29-19-33(41(45)49)39(35(43)21-29)31-15-17-47-37(31)5-3-4-6-38-32(16-18-48-38)40-34(42(46)50)20-30(22-36(40)44)54-24-26-9-13-28(52-2)14-10-26/h3-4,7-22,47-48H,5-6,23-24,43-44H2,1-2H3,(H2,45,49)(H2,46,50). The summed E-state index contributed by atoms with van der Waals surface area (Å²) in [4.78, 5) is 31.8. The molecule has 0 spiro atoms. The van der Waals surface area contributed by atoms with Gasteiger partial charge in [-0.3, -0.25) is 9.59 Å². The average Bonchev–Trinajstić information content (AvgIpc) is 3.84. The van der Waals surface area contributed by atoms with E-state index in [-0.39, 0.29) is 24.3 Å². The highest BCUT2D eigenvalue weighted by atomic mass is 16.5. The Labute approximate surface area is 312 Å². The molecule has 0 aliphatic carbocycles. The summed E-state index contributed by atoms with van der Waals surface area (Å²) in [5, 5.41) is 0. The number of methoxy groups -OCH3 is 2. The minimum Gasteiger partial charge on any atom is -0.497 e. The summed E-state index contributed by atoms with van der Waals surface area (Å²) in [6, 6.07) is 25.3. The van der Waals surface area contributed by atoms with Crippen LogP contribution in [0.1, 0.15) is 43.2 Å². The van der Waals surface area contributed by atoms with Crippen LogP contribution in [0.2, 0.25) is 0 Å². The fourth-order valence-corrected chi connectivity index (χ4v) is 6.22. The molecule has 0 unspecified atom stereocenters. The van der Waals surface area contributed by atoms with Crippen LogP contribution in [0.5, 0.6) is 23.0 Å². The van der Waals surface area contributed by atoms with E-state index in [1.807, 2.05) is 72.8 Å². The Bertz CT molecular complexity index is 2130. The summed E-state index contributed by atoms with van der Waals surface area (Å²) in [5.41, 5.74) is 32.0. The fourth-order valence-electron chi connectivity index (χ4n) is 6.22. The molecule has 0 radical (unpaired) electrons. The third-order valence-electron chi connectivity index (χ3n) is 8.96. The highest BCUT2D eigenvalue weighted by Gasteiger charge is 2.21. The van der Waals surface area contributed by atoms with Gasteiger partial charge in [0, 0.05) is 82.4 Å². The van der Waals surface area contributed by atoms with Gasteiger partial charge in [-0.05, 0) is 59.7 Å². The Morgan fingerprint density at radius 2 is 0.963 bits per heavy atom. The number of carbonyl (C=O) groups is 2. The van der Waals surface area contributed by atoms with Crippen molar-refractivity contribution in [3.63, 3.8) is 0 Å². The minimum absolute atomic E-state index is 0.251. The number of aromatic amines is 2. The van der Waals surface area contributed by atoms with Crippen molar-refractivity contribution in [1.29, 1.82) is 0 Å². The SMILES string of the molecule is COc1ccc(COc2cc(N)c(-c3cc[nH]c3CC=CCc3[nH]ccc3-c3c(N)cc(OCc4ccc(OC)cc4)cc3C(N)=O)c(C(N)=O)c2)cc1. The molecule has 12 heteroatoms. The molecule has 10 N–H and O–H groups in total. The van der Waals surface area contributed by atoms with Crippen molar-refractivity contribution in [1.82, 2.24) is 9.97 Å². The molecule has 54 heavy (non-hydrogen) atoms. The molecule has 0 fully saturated rings. The van der Waals surface area contributed by atoms with Gasteiger partial charge in [-0.15, -0.1) is 0 Å². The summed E-state index contributed by atoms with van der Waals surface area (Å²) in [6.45, 7) is 0.538. The normalized spacial score (nSPS) is 11.1. The number of hydrogen-bond acceptors (Lipinski definition) is 8. The van der Waals surface area contributed by atoms with Gasteiger partial charge in [0.05, 0.1) is 25.3 Å². The molecule has 6 rings (SSSR count). The first-order chi connectivity index (χ1) is 26.1. The smallest absolute Gasteiger partial charge is 0.249 e. The number of amides is 2. The fraction of sp³-hybridized carbons (Fsp3) is 0.143. The maximum absolute atomic E-state index is 12.7. The van der Waals surface area contributed by atoms with E-state index < -0.39 is 11.8 Å². The van der Waals surface area contributed by atoms with Crippen LogP contribution < -0.4 is 41.9 Å². The van der Waals surface area contributed by atoms with E-state index >= 15 is 0 Å². The van der Waals surface area contributed by atoms with Crippen molar-refractivity contribution in [2.24, 2.45) is 11.5 Å². The topological polar surface area (TPSA) is 207 Å². The Hall–Kier alpha value is -7.08. The van der Waals surface area contributed by atoms with Gasteiger partial charge in [-0.2, -0.15) is 0 Å². The quantitative estimate of drug-likeness (QED) is 0.0475. The second kappa shape index (κ2) is 16.5. The lowest BCUT2D eigenvalue weighted by molar-refractivity contribution is 0.0992. The first-order valence-electron chi connectivity index (χ1n) is 17.1. The number of nitrogens with one attached hydrogen (secondary N) is 2. The number of nitrogens with two attached hydrogens (primary N) is 4. The number of anilines is 2. The molecular weight excluding hydrogens is 684 g/mol. The lowest BCUT2D eigenvalue weighted by Crippen LogP contribution is -2.14. The molecule has 0 aliphatic heterocycles. The van der Waals surface area contributed by atoms with E-state index in [2.05, 4.69) is 9.97 Å². The number of aromatic nitrogens is 2. The van der Waals surface area contributed by atoms with E-state index in [9.17, 15) is 9.59 Å².